The Bertz CT molecular complexity index is 752. The van der Waals surface area contributed by atoms with Crippen molar-refractivity contribution in [1.29, 1.82) is 0 Å². The highest BCUT2D eigenvalue weighted by Crippen LogP contribution is 2.28. The fourth-order valence-corrected chi connectivity index (χ4v) is 2.56. The highest BCUT2D eigenvalue weighted by atomic mass is 16.7. The Morgan fingerprint density at radius 2 is 1.80 bits per heavy atom. The van der Waals surface area contributed by atoms with Crippen molar-refractivity contribution in [2.24, 2.45) is 0 Å². The van der Waals surface area contributed by atoms with Crippen molar-refractivity contribution in [3.05, 3.63) is 58.1 Å². The minimum absolute atomic E-state index is 0.176. The fourth-order valence-electron chi connectivity index (χ4n) is 2.56. The van der Waals surface area contributed by atoms with Crippen LogP contribution in [-0.4, -0.2) is 18.4 Å². The van der Waals surface area contributed by atoms with E-state index in [2.05, 4.69) is 24.7 Å². The zero-order valence-electron chi connectivity index (χ0n) is 15.1. The topological polar surface area (TPSA) is 65.0 Å². The van der Waals surface area contributed by atoms with Gasteiger partial charge in [0.2, 0.25) is 0 Å². The Kier molecular flexibility index (Phi) is 6.42. The summed E-state index contributed by atoms with van der Waals surface area (Å²) in [5, 5.41) is 9.59. The summed E-state index contributed by atoms with van der Waals surface area (Å²) in [4.78, 5) is 11.4. The van der Waals surface area contributed by atoms with Gasteiger partial charge in [0.25, 0.3) is 0 Å². The molecular formula is C20H24O5. The smallest absolute Gasteiger partial charge is 0.488 e. The summed E-state index contributed by atoms with van der Waals surface area (Å²) >= 11 is 0. The van der Waals surface area contributed by atoms with Crippen molar-refractivity contribution in [2.45, 2.75) is 40.4 Å². The van der Waals surface area contributed by atoms with Gasteiger partial charge >= 0.3 is 6.16 Å². The first-order chi connectivity index (χ1) is 12.0. The molecule has 0 fully saturated rings. The predicted molar refractivity (Wildman–Crippen MR) is 95.0 cm³/mol. The van der Waals surface area contributed by atoms with E-state index >= 15 is 0 Å². The van der Waals surface area contributed by atoms with E-state index in [4.69, 9.17) is 9.47 Å². The molecule has 0 heterocycles. The van der Waals surface area contributed by atoms with Gasteiger partial charge in [-0.25, -0.2) is 4.79 Å². The molecule has 0 saturated carbocycles. The Labute approximate surface area is 148 Å². The van der Waals surface area contributed by atoms with Crippen LogP contribution >= 0.6 is 0 Å². The largest absolute Gasteiger partial charge is 0.513 e. The van der Waals surface area contributed by atoms with E-state index in [1.807, 2.05) is 13.0 Å². The predicted octanol–water partition coefficient (Wildman–Crippen LogP) is 4.08. The molecule has 5 heteroatoms. The van der Waals surface area contributed by atoms with Gasteiger partial charge in [0.15, 0.2) is 0 Å². The number of carbonyl (C=O) groups is 1. The molecule has 0 aliphatic rings. The molecule has 0 spiro atoms. The van der Waals surface area contributed by atoms with Crippen LogP contribution in [0.15, 0.2) is 30.3 Å². The van der Waals surface area contributed by atoms with Crippen LogP contribution in [0, 0.1) is 13.8 Å². The van der Waals surface area contributed by atoms with Crippen LogP contribution in [0.5, 0.6) is 11.5 Å². The third-order valence-electron chi connectivity index (χ3n) is 4.19. The molecule has 0 amide bonds. The molecule has 2 rings (SSSR count). The van der Waals surface area contributed by atoms with Gasteiger partial charge in [-0.3, -0.25) is 0 Å². The monoisotopic (exact) mass is 344 g/mol. The summed E-state index contributed by atoms with van der Waals surface area (Å²) < 4.78 is 15.7. The lowest BCUT2D eigenvalue weighted by Crippen LogP contribution is -2.11. The Morgan fingerprint density at radius 3 is 2.44 bits per heavy atom. The van der Waals surface area contributed by atoms with Crippen LogP contribution in [-0.2, 0) is 24.4 Å². The average molecular weight is 344 g/mol. The van der Waals surface area contributed by atoms with E-state index in [1.165, 1.54) is 12.7 Å². The normalized spacial score (nSPS) is 10.4. The second kappa shape index (κ2) is 8.53. The third kappa shape index (κ3) is 4.51. The van der Waals surface area contributed by atoms with E-state index < -0.39 is 6.16 Å². The van der Waals surface area contributed by atoms with Crippen molar-refractivity contribution in [2.75, 3.05) is 7.11 Å². The first-order valence-electron chi connectivity index (χ1n) is 8.20. The van der Waals surface area contributed by atoms with E-state index in [1.54, 1.807) is 18.2 Å². The van der Waals surface area contributed by atoms with Crippen LogP contribution in [0.1, 0.15) is 34.7 Å². The first kappa shape index (κ1) is 18.8. The minimum Gasteiger partial charge on any atom is -0.488 e. The molecule has 0 unspecified atom stereocenters. The van der Waals surface area contributed by atoms with Crippen molar-refractivity contribution in [3.8, 4) is 11.5 Å². The molecule has 1 N–H and O–H groups in total. The van der Waals surface area contributed by atoms with Gasteiger partial charge in [-0.05, 0) is 54.7 Å². The lowest BCUT2D eigenvalue weighted by atomic mass is 10.0. The molecule has 0 atom stereocenters. The Morgan fingerprint density at radius 1 is 1.08 bits per heavy atom. The maximum atomic E-state index is 11.4. The SMILES string of the molecule is CCc1cc(C)c(C)cc1OCc1c(CO)cccc1OC(=O)OC. The molecule has 0 radical (unpaired) electrons. The molecule has 5 nitrogen and oxygen atoms in total. The number of aliphatic hydroxyl groups excluding tert-OH is 1. The van der Waals surface area contributed by atoms with Crippen LogP contribution in [0.25, 0.3) is 0 Å². The number of carbonyl (C=O) groups excluding carboxylic acids is 1. The van der Waals surface area contributed by atoms with Gasteiger partial charge in [0.05, 0.1) is 13.7 Å². The summed E-state index contributed by atoms with van der Waals surface area (Å²) in [5.74, 6) is 1.11. The number of hydrogen-bond acceptors (Lipinski definition) is 5. The molecule has 0 bridgehead atoms. The number of benzene rings is 2. The van der Waals surface area contributed by atoms with Crippen molar-refractivity contribution in [3.63, 3.8) is 0 Å². The van der Waals surface area contributed by atoms with E-state index in [0.29, 0.717) is 16.9 Å². The summed E-state index contributed by atoms with van der Waals surface area (Å²) in [6, 6.07) is 9.26. The molecule has 2 aromatic rings. The number of methoxy groups -OCH3 is 1. The lowest BCUT2D eigenvalue weighted by molar-refractivity contribution is 0.120. The number of hydrogen-bond donors (Lipinski definition) is 1. The Balaban J connectivity index is 2.31. The van der Waals surface area contributed by atoms with E-state index in [0.717, 1.165) is 23.3 Å². The molecular weight excluding hydrogens is 320 g/mol. The molecule has 0 saturated heterocycles. The summed E-state index contributed by atoms with van der Waals surface area (Å²) in [6.45, 7) is 6.18. The number of aryl methyl sites for hydroxylation is 3. The lowest BCUT2D eigenvalue weighted by Gasteiger charge is -2.17. The minimum atomic E-state index is -0.809. The standard InChI is InChI=1S/C20H24O5/c1-5-15-9-13(2)14(3)10-19(15)24-12-17-16(11-21)7-6-8-18(17)25-20(22)23-4/h6-10,21H,5,11-12H2,1-4H3. The van der Waals surface area contributed by atoms with Gasteiger partial charge in [-0.15, -0.1) is 0 Å². The van der Waals surface area contributed by atoms with Gasteiger partial charge in [-0.2, -0.15) is 0 Å². The zero-order chi connectivity index (χ0) is 18.4. The average Bonchev–Trinajstić information content (AvgIpc) is 2.62. The summed E-state index contributed by atoms with van der Waals surface area (Å²) in [5.41, 5.74) is 4.74. The second-order valence-corrected chi connectivity index (χ2v) is 5.79. The number of aliphatic hydroxyl groups is 1. The highest BCUT2D eigenvalue weighted by Gasteiger charge is 2.15. The van der Waals surface area contributed by atoms with Crippen molar-refractivity contribution < 1.29 is 24.1 Å². The van der Waals surface area contributed by atoms with Crippen molar-refractivity contribution in [1.82, 2.24) is 0 Å². The van der Waals surface area contributed by atoms with Gasteiger partial charge in [-0.1, -0.05) is 25.1 Å². The van der Waals surface area contributed by atoms with Crippen LogP contribution in [0.2, 0.25) is 0 Å². The van der Waals surface area contributed by atoms with Gasteiger partial charge in [0, 0.05) is 5.56 Å². The molecule has 2 aromatic carbocycles. The molecule has 25 heavy (non-hydrogen) atoms. The van der Waals surface area contributed by atoms with Gasteiger partial charge in [0.1, 0.15) is 18.1 Å². The van der Waals surface area contributed by atoms with E-state index in [9.17, 15) is 9.90 Å². The molecule has 0 aliphatic carbocycles. The van der Waals surface area contributed by atoms with Crippen LogP contribution in [0.4, 0.5) is 4.79 Å². The van der Waals surface area contributed by atoms with E-state index in [-0.39, 0.29) is 13.2 Å². The summed E-state index contributed by atoms with van der Waals surface area (Å²) in [6.07, 6.45) is 0.0423. The third-order valence-corrected chi connectivity index (χ3v) is 4.19. The maximum absolute atomic E-state index is 11.4. The van der Waals surface area contributed by atoms with Crippen LogP contribution in [0.3, 0.4) is 0 Å². The second-order valence-electron chi connectivity index (χ2n) is 5.79. The first-order valence-corrected chi connectivity index (χ1v) is 8.20. The van der Waals surface area contributed by atoms with Crippen LogP contribution < -0.4 is 9.47 Å². The molecule has 0 aliphatic heterocycles. The summed E-state index contributed by atoms with van der Waals surface area (Å²) in [7, 11) is 1.25. The molecule has 134 valence electrons. The fraction of sp³-hybridized carbons (Fsp3) is 0.350. The van der Waals surface area contributed by atoms with Gasteiger partial charge < -0.3 is 19.3 Å². The zero-order valence-corrected chi connectivity index (χ0v) is 15.1. The highest BCUT2D eigenvalue weighted by molar-refractivity contribution is 5.64. The number of rotatable bonds is 6. The number of ether oxygens (including phenoxy) is 3. The quantitative estimate of drug-likeness (QED) is 0.632. The molecule has 0 aromatic heterocycles. The van der Waals surface area contributed by atoms with Crippen molar-refractivity contribution >= 4 is 6.16 Å². The Hall–Kier alpha value is -2.53. The maximum Gasteiger partial charge on any atom is 0.513 e.